The number of carboxylic acids is 1. The minimum atomic E-state index is -0.996. The minimum absolute atomic E-state index is 0.104. The number of ether oxygens (including phenoxy) is 2. The number of hydrogen-bond acceptors (Lipinski definition) is 5. The number of carbonyl (C=O) groups excluding carboxylic acids is 1. The zero-order valence-electron chi connectivity index (χ0n) is 12.5. The van der Waals surface area contributed by atoms with Crippen LogP contribution in [0.15, 0.2) is 24.3 Å². The van der Waals surface area contributed by atoms with Gasteiger partial charge in [0.1, 0.15) is 18.4 Å². The van der Waals surface area contributed by atoms with Crippen LogP contribution in [0.25, 0.3) is 0 Å². The molecule has 0 fully saturated rings. The predicted molar refractivity (Wildman–Crippen MR) is 77.5 cm³/mol. The Bertz CT molecular complexity index is 487. The molecular formula is C15H21NO5. The highest BCUT2D eigenvalue weighted by Gasteiger charge is 2.21. The molecule has 116 valence electrons. The molecule has 0 aliphatic rings. The van der Waals surface area contributed by atoms with Gasteiger partial charge in [0.05, 0.1) is 12.7 Å². The first-order chi connectivity index (χ1) is 9.95. The maximum Gasteiger partial charge on any atom is 0.335 e. The maximum atomic E-state index is 11.5. The van der Waals surface area contributed by atoms with E-state index in [1.165, 1.54) is 19.2 Å². The second-order valence-electron chi connectivity index (χ2n) is 4.88. The number of esters is 1. The van der Waals surface area contributed by atoms with E-state index < -0.39 is 5.97 Å². The van der Waals surface area contributed by atoms with Crippen molar-refractivity contribution in [3.05, 3.63) is 29.8 Å². The number of carboxylic acid groups (broad SMARTS) is 1. The summed E-state index contributed by atoms with van der Waals surface area (Å²) in [7, 11) is 1.35. The van der Waals surface area contributed by atoms with Crippen LogP contribution in [0, 0.1) is 5.92 Å². The molecular weight excluding hydrogens is 274 g/mol. The highest BCUT2D eigenvalue weighted by atomic mass is 16.5. The molecule has 0 spiro atoms. The summed E-state index contributed by atoms with van der Waals surface area (Å²) in [6.07, 6.45) is 0. The third-order valence-electron chi connectivity index (χ3n) is 2.94. The molecule has 1 aromatic rings. The van der Waals surface area contributed by atoms with Crippen LogP contribution >= 0.6 is 0 Å². The molecule has 1 unspecified atom stereocenters. The van der Waals surface area contributed by atoms with Crippen molar-refractivity contribution < 1.29 is 24.2 Å². The van der Waals surface area contributed by atoms with Crippen molar-refractivity contribution in [1.29, 1.82) is 0 Å². The Hall–Kier alpha value is -2.08. The quantitative estimate of drug-likeness (QED) is 0.559. The number of methoxy groups -OCH3 is 1. The van der Waals surface area contributed by atoms with Gasteiger partial charge in [-0.3, -0.25) is 4.79 Å². The molecule has 1 aromatic carbocycles. The average molecular weight is 295 g/mol. The van der Waals surface area contributed by atoms with Gasteiger partial charge in [0.2, 0.25) is 0 Å². The molecule has 21 heavy (non-hydrogen) atoms. The Kier molecular flexibility index (Phi) is 6.68. The van der Waals surface area contributed by atoms with Crippen molar-refractivity contribution >= 4 is 11.9 Å². The second kappa shape index (κ2) is 8.26. The Labute approximate surface area is 124 Å². The zero-order chi connectivity index (χ0) is 15.8. The number of rotatable bonds is 8. The lowest BCUT2D eigenvalue weighted by atomic mass is 10.1. The molecule has 0 heterocycles. The lowest BCUT2D eigenvalue weighted by molar-refractivity contribution is -0.144. The van der Waals surface area contributed by atoms with Crippen molar-refractivity contribution in [2.75, 3.05) is 20.3 Å². The van der Waals surface area contributed by atoms with Crippen LogP contribution in [0.4, 0.5) is 0 Å². The zero-order valence-corrected chi connectivity index (χ0v) is 12.5. The summed E-state index contributed by atoms with van der Waals surface area (Å²) in [5, 5.41) is 11.9. The van der Waals surface area contributed by atoms with Gasteiger partial charge < -0.3 is 19.9 Å². The summed E-state index contributed by atoms with van der Waals surface area (Å²) in [4.78, 5) is 22.4. The van der Waals surface area contributed by atoms with E-state index in [4.69, 9.17) is 14.6 Å². The number of hydrogen-bond donors (Lipinski definition) is 2. The molecule has 0 amide bonds. The third-order valence-corrected chi connectivity index (χ3v) is 2.94. The fourth-order valence-electron chi connectivity index (χ4n) is 1.82. The van der Waals surface area contributed by atoms with Crippen molar-refractivity contribution in [1.82, 2.24) is 5.32 Å². The van der Waals surface area contributed by atoms with E-state index in [1.54, 1.807) is 12.1 Å². The summed E-state index contributed by atoms with van der Waals surface area (Å²) in [5.74, 6) is -0.717. The van der Waals surface area contributed by atoms with Crippen LogP contribution in [0.5, 0.6) is 5.75 Å². The smallest absolute Gasteiger partial charge is 0.335 e. The molecule has 6 heteroatoms. The van der Waals surface area contributed by atoms with E-state index in [2.05, 4.69) is 5.32 Å². The molecule has 0 aliphatic carbocycles. The van der Waals surface area contributed by atoms with Crippen LogP contribution in [0.3, 0.4) is 0 Å². The monoisotopic (exact) mass is 295 g/mol. The van der Waals surface area contributed by atoms with Crippen molar-refractivity contribution in [3.63, 3.8) is 0 Å². The average Bonchev–Trinajstić information content (AvgIpc) is 2.46. The van der Waals surface area contributed by atoms with Gasteiger partial charge >= 0.3 is 11.9 Å². The van der Waals surface area contributed by atoms with E-state index in [-0.39, 0.29) is 23.5 Å². The maximum absolute atomic E-state index is 11.5. The molecule has 0 saturated carbocycles. The number of carbonyl (C=O) groups is 2. The van der Waals surface area contributed by atoms with Crippen LogP contribution in [0.1, 0.15) is 24.2 Å². The summed E-state index contributed by atoms with van der Waals surface area (Å²) >= 11 is 0. The molecule has 1 atom stereocenters. The Balaban J connectivity index is 2.44. The van der Waals surface area contributed by atoms with Crippen molar-refractivity contribution in [2.24, 2.45) is 5.92 Å². The lowest BCUT2D eigenvalue weighted by Crippen LogP contribution is -2.43. The van der Waals surface area contributed by atoms with E-state index in [9.17, 15) is 9.59 Å². The SMILES string of the molecule is COC(=O)C(NCCOc1cccc(C(=O)O)c1)C(C)C. The van der Waals surface area contributed by atoms with Gasteiger partial charge in [-0.2, -0.15) is 0 Å². The first-order valence-corrected chi connectivity index (χ1v) is 6.73. The molecule has 2 N–H and O–H groups in total. The van der Waals surface area contributed by atoms with E-state index >= 15 is 0 Å². The normalized spacial score (nSPS) is 12.0. The van der Waals surface area contributed by atoms with Gasteiger partial charge in [-0.05, 0) is 24.1 Å². The Morgan fingerprint density at radius 1 is 1.33 bits per heavy atom. The summed E-state index contributed by atoms with van der Waals surface area (Å²) < 4.78 is 10.2. The standard InChI is InChI=1S/C15H21NO5/c1-10(2)13(15(19)20-3)16-7-8-21-12-6-4-5-11(9-12)14(17)18/h4-6,9-10,13,16H,7-8H2,1-3H3,(H,17,18). The topological polar surface area (TPSA) is 84.9 Å². The summed E-state index contributed by atoms with van der Waals surface area (Å²) in [6, 6.07) is 5.88. The van der Waals surface area contributed by atoms with Crippen LogP contribution in [-0.4, -0.2) is 43.3 Å². The van der Waals surface area contributed by atoms with Gasteiger partial charge in [-0.25, -0.2) is 4.79 Å². The highest BCUT2D eigenvalue weighted by molar-refractivity contribution is 5.88. The fourth-order valence-corrected chi connectivity index (χ4v) is 1.82. The fraction of sp³-hybridized carbons (Fsp3) is 0.467. The summed E-state index contributed by atoms with van der Waals surface area (Å²) in [5.41, 5.74) is 0.176. The van der Waals surface area contributed by atoms with Crippen LogP contribution in [-0.2, 0) is 9.53 Å². The second-order valence-corrected chi connectivity index (χ2v) is 4.88. The summed E-state index contributed by atoms with van der Waals surface area (Å²) in [6.45, 7) is 4.62. The Morgan fingerprint density at radius 2 is 2.05 bits per heavy atom. The third kappa shape index (κ3) is 5.43. The van der Waals surface area contributed by atoms with Gasteiger partial charge in [0.15, 0.2) is 0 Å². The molecule has 0 bridgehead atoms. The van der Waals surface area contributed by atoms with Gasteiger partial charge in [0, 0.05) is 6.54 Å². The van der Waals surface area contributed by atoms with Crippen molar-refractivity contribution in [3.8, 4) is 5.75 Å². The van der Waals surface area contributed by atoms with Gasteiger partial charge in [-0.1, -0.05) is 19.9 Å². The molecule has 1 rings (SSSR count). The van der Waals surface area contributed by atoms with Crippen molar-refractivity contribution in [2.45, 2.75) is 19.9 Å². The van der Waals surface area contributed by atoms with Gasteiger partial charge in [0.25, 0.3) is 0 Å². The first kappa shape index (κ1) is 17.0. The van der Waals surface area contributed by atoms with E-state index in [0.29, 0.717) is 18.9 Å². The molecule has 6 nitrogen and oxygen atoms in total. The predicted octanol–water partition coefficient (Wildman–Crippen LogP) is 1.55. The largest absolute Gasteiger partial charge is 0.492 e. The van der Waals surface area contributed by atoms with Crippen LogP contribution < -0.4 is 10.1 Å². The van der Waals surface area contributed by atoms with Crippen LogP contribution in [0.2, 0.25) is 0 Å². The number of nitrogens with one attached hydrogen (secondary N) is 1. The first-order valence-electron chi connectivity index (χ1n) is 6.73. The highest BCUT2D eigenvalue weighted by Crippen LogP contribution is 2.13. The molecule has 0 saturated heterocycles. The lowest BCUT2D eigenvalue weighted by Gasteiger charge is -2.19. The molecule has 0 aromatic heterocycles. The Morgan fingerprint density at radius 3 is 2.62 bits per heavy atom. The number of aromatic carboxylic acids is 1. The molecule has 0 aliphatic heterocycles. The van der Waals surface area contributed by atoms with E-state index in [1.807, 2.05) is 13.8 Å². The van der Waals surface area contributed by atoms with Gasteiger partial charge in [-0.15, -0.1) is 0 Å². The molecule has 0 radical (unpaired) electrons. The minimum Gasteiger partial charge on any atom is -0.492 e. The number of benzene rings is 1. The van der Waals surface area contributed by atoms with E-state index in [0.717, 1.165) is 0 Å².